The second-order valence-electron chi connectivity index (χ2n) is 5.46. The molecule has 0 N–H and O–H groups in total. The first kappa shape index (κ1) is 18.8. The van der Waals surface area contributed by atoms with Crippen molar-refractivity contribution < 1.29 is 22.7 Å². The van der Waals surface area contributed by atoms with Crippen LogP contribution in [0.5, 0.6) is 0 Å². The number of carbonyl (C=O) groups excluding carboxylic acids is 1. The summed E-state index contributed by atoms with van der Waals surface area (Å²) in [4.78, 5) is 24.1. The molecule has 0 saturated carbocycles. The van der Waals surface area contributed by atoms with Gasteiger partial charge >= 0.3 is 5.97 Å². The van der Waals surface area contributed by atoms with Crippen LogP contribution in [0, 0.1) is 24.4 Å². The third-order valence-corrected chi connectivity index (χ3v) is 4.00. The average Bonchev–Trinajstić information content (AvgIpc) is 2.60. The van der Waals surface area contributed by atoms with Gasteiger partial charge in [-0.15, -0.1) is 0 Å². The van der Waals surface area contributed by atoms with Gasteiger partial charge < -0.3 is 4.74 Å². The summed E-state index contributed by atoms with van der Waals surface area (Å²) in [7, 11) is 1.17. The third-order valence-electron chi connectivity index (χ3n) is 3.69. The van der Waals surface area contributed by atoms with Crippen molar-refractivity contribution in [2.24, 2.45) is 0 Å². The van der Waals surface area contributed by atoms with E-state index in [1.165, 1.54) is 20.1 Å². The van der Waals surface area contributed by atoms with E-state index in [-0.39, 0.29) is 39.1 Å². The lowest BCUT2D eigenvalue weighted by atomic mass is 10.0. The molecule has 0 radical (unpaired) electrons. The van der Waals surface area contributed by atoms with Crippen molar-refractivity contribution in [2.45, 2.75) is 6.92 Å². The number of halogens is 4. The maximum absolute atomic E-state index is 14.1. The molecule has 0 saturated heterocycles. The molecule has 0 amide bonds. The van der Waals surface area contributed by atoms with Gasteiger partial charge in [0.2, 0.25) is 0 Å². The van der Waals surface area contributed by atoms with Gasteiger partial charge in [0.25, 0.3) is 0 Å². The van der Waals surface area contributed by atoms with E-state index in [0.717, 1.165) is 18.3 Å². The van der Waals surface area contributed by atoms with Crippen molar-refractivity contribution in [3.05, 3.63) is 64.2 Å². The number of aryl methyl sites for hydroxylation is 1. The quantitative estimate of drug-likeness (QED) is 0.618. The Balaban J connectivity index is 2.31. The molecule has 3 rings (SSSR count). The van der Waals surface area contributed by atoms with E-state index in [4.69, 9.17) is 16.3 Å². The van der Waals surface area contributed by atoms with Crippen molar-refractivity contribution in [3.8, 4) is 22.8 Å². The van der Waals surface area contributed by atoms with Gasteiger partial charge in [-0.2, -0.15) is 0 Å². The van der Waals surface area contributed by atoms with E-state index in [2.05, 4.69) is 15.0 Å². The molecule has 0 spiro atoms. The Morgan fingerprint density at radius 3 is 2.44 bits per heavy atom. The van der Waals surface area contributed by atoms with Gasteiger partial charge in [-0.25, -0.2) is 32.9 Å². The molecule has 0 fully saturated rings. The summed E-state index contributed by atoms with van der Waals surface area (Å²) >= 11 is 6.09. The van der Waals surface area contributed by atoms with Gasteiger partial charge in [-0.1, -0.05) is 11.6 Å². The fourth-order valence-electron chi connectivity index (χ4n) is 2.48. The second kappa shape index (κ2) is 7.32. The maximum atomic E-state index is 14.1. The zero-order valence-electron chi connectivity index (χ0n) is 14.1. The first-order valence-corrected chi connectivity index (χ1v) is 7.93. The van der Waals surface area contributed by atoms with Crippen molar-refractivity contribution >= 4 is 17.6 Å². The molecule has 0 aliphatic rings. The highest BCUT2D eigenvalue weighted by Gasteiger charge is 2.24. The average molecular weight is 394 g/mol. The smallest absolute Gasteiger partial charge is 0.341 e. The van der Waals surface area contributed by atoms with Crippen LogP contribution in [0.1, 0.15) is 16.1 Å². The largest absolute Gasteiger partial charge is 0.465 e. The van der Waals surface area contributed by atoms with Crippen LogP contribution in [-0.4, -0.2) is 28.0 Å². The van der Waals surface area contributed by atoms with E-state index in [9.17, 15) is 18.0 Å². The molecule has 1 aromatic carbocycles. The number of hydrogen-bond donors (Lipinski definition) is 0. The lowest BCUT2D eigenvalue weighted by molar-refractivity contribution is 0.0600. The van der Waals surface area contributed by atoms with E-state index in [1.54, 1.807) is 0 Å². The highest BCUT2D eigenvalue weighted by atomic mass is 35.5. The Morgan fingerprint density at radius 1 is 1.07 bits per heavy atom. The minimum Gasteiger partial charge on any atom is -0.465 e. The summed E-state index contributed by atoms with van der Waals surface area (Å²) in [5, 5.41) is -0.0169. The van der Waals surface area contributed by atoms with Crippen LogP contribution in [0.2, 0.25) is 5.02 Å². The van der Waals surface area contributed by atoms with Gasteiger partial charge in [0, 0.05) is 11.6 Å². The topological polar surface area (TPSA) is 65.0 Å². The monoisotopic (exact) mass is 393 g/mol. The van der Waals surface area contributed by atoms with Crippen LogP contribution in [-0.2, 0) is 4.74 Å². The number of hydrogen-bond acceptors (Lipinski definition) is 5. The molecular weight excluding hydrogens is 383 g/mol. The summed E-state index contributed by atoms with van der Waals surface area (Å²) in [6, 6.07) is 4.14. The van der Waals surface area contributed by atoms with Crippen molar-refractivity contribution in [2.75, 3.05) is 7.11 Å². The first-order valence-electron chi connectivity index (χ1n) is 7.55. The van der Waals surface area contributed by atoms with Crippen LogP contribution in [0.15, 0.2) is 30.5 Å². The molecule has 9 heteroatoms. The molecule has 27 heavy (non-hydrogen) atoms. The van der Waals surface area contributed by atoms with Gasteiger partial charge in [-0.3, -0.25) is 0 Å². The number of nitrogens with zero attached hydrogens (tertiary/aromatic N) is 3. The Labute approximate surface area is 156 Å². The Hall–Kier alpha value is -3.00. The lowest BCUT2D eigenvalue weighted by Gasteiger charge is -2.13. The first-order chi connectivity index (χ1) is 12.8. The molecule has 3 aromatic rings. The second-order valence-corrected chi connectivity index (χ2v) is 5.86. The number of benzene rings is 1. The number of carbonyl (C=O) groups is 1. The molecule has 0 aliphatic carbocycles. The van der Waals surface area contributed by atoms with Crippen LogP contribution >= 0.6 is 11.6 Å². The van der Waals surface area contributed by atoms with Crippen LogP contribution in [0.4, 0.5) is 13.2 Å². The standard InChI is InChI=1S/C18H11ClF3N3O2/c1-8-14(18(26)27-2)15(11-4-3-9(20)5-12(11)19)25-17(24-8)16-13(22)6-10(21)7-23-16/h3-7H,1-2H3. The Morgan fingerprint density at radius 2 is 1.81 bits per heavy atom. The van der Waals surface area contributed by atoms with Crippen LogP contribution in [0.25, 0.3) is 22.8 Å². The predicted octanol–water partition coefficient (Wildman–Crippen LogP) is 4.37. The molecule has 0 aliphatic heterocycles. The highest BCUT2D eigenvalue weighted by Crippen LogP contribution is 2.33. The third kappa shape index (κ3) is 3.61. The van der Waals surface area contributed by atoms with Crippen molar-refractivity contribution in [3.63, 3.8) is 0 Å². The fraction of sp³-hybridized carbons (Fsp3) is 0.111. The molecule has 0 bridgehead atoms. The van der Waals surface area contributed by atoms with E-state index in [1.807, 2.05) is 0 Å². The summed E-state index contributed by atoms with van der Waals surface area (Å²) in [5.41, 5.74) is 0.0630. The zero-order chi connectivity index (χ0) is 19.7. The van der Waals surface area contributed by atoms with E-state index >= 15 is 0 Å². The molecular formula is C18H11ClF3N3O2. The van der Waals surface area contributed by atoms with Gasteiger partial charge in [0.1, 0.15) is 22.9 Å². The molecule has 0 unspecified atom stereocenters. The summed E-state index contributed by atoms with van der Waals surface area (Å²) < 4.78 is 45.4. The number of pyridine rings is 1. The van der Waals surface area contributed by atoms with E-state index < -0.39 is 23.4 Å². The molecule has 2 heterocycles. The summed E-state index contributed by atoms with van der Waals surface area (Å²) in [6.07, 6.45) is 0.815. The molecule has 2 aromatic heterocycles. The number of aromatic nitrogens is 3. The van der Waals surface area contributed by atoms with Crippen molar-refractivity contribution in [1.29, 1.82) is 0 Å². The predicted molar refractivity (Wildman–Crippen MR) is 91.7 cm³/mol. The van der Waals surface area contributed by atoms with Gasteiger partial charge in [0.05, 0.1) is 29.7 Å². The lowest BCUT2D eigenvalue weighted by Crippen LogP contribution is -2.11. The van der Waals surface area contributed by atoms with Gasteiger partial charge in [-0.05, 0) is 25.1 Å². The van der Waals surface area contributed by atoms with Crippen LogP contribution < -0.4 is 0 Å². The summed E-state index contributed by atoms with van der Waals surface area (Å²) in [5.74, 6) is -3.35. The minimum atomic E-state index is -0.976. The van der Waals surface area contributed by atoms with Crippen LogP contribution in [0.3, 0.4) is 0 Å². The Bertz CT molecular complexity index is 1060. The highest BCUT2D eigenvalue weighted by molar-refractivity contribution is 6.33. The number of esters is 1. The maximum Gasteiger partial charge on any atom is 0.341 e. The van der Waals surface area contributed by atoms with Gasteiger partial charge in [0.15, 0.2) is 11.6 Å². The Kier molecular flexibility index (Phi) is 5.09. The number of ether oxygens (including phenoxy) is 1. The number of methoxy groups -OCH3 is 1. The zero-order valence-corrected chi connectivity index (χ0v) is 14.8. The molecule has 5 nitrogen and oxygen atoms in total. The number of rotatable bonds is 3. The SMILES string of the molecule is COC(=O)c1c(C)nc(-c2ncc(F)cc2F)nc1-c1ccc(F)cc1Cl. The van der Waals surface area contributed by atoms with Crippen molar-refractivity contribution in [1.82, 2.24) is 15.0 Å². The normalized spacial score (nSPS) is 10.7. The molecule has 0 atom stereocenters. The van der Waals surface area contributed by atoms with E-state index in [0.29, 0.717) is 6.07 Å². The summed E-state index contributed by atoms with van der Waals surface area (Å²) in [6.45, 7) is 1.49. The fourth-order valence-corrected chi connectivity index (χ4v) is 2.74. The minimum absolute atomic E-state index is 0.0138. The molecule has 138 valence electrons.